The molecule has 0 radical (unpaired) electrons. The lowest BCUT2D eigenvalue weighted by molar-refractivity contribution is -0.0961. The van der Waals surface area contributed by atoms with Crippen molar-refractivity contribution in [3.05, 3.63) is 23.5 Å². The van der Waals surface area contributed by atoms with Crippen LogP contribution in [0.2, 0.25) is 0 Å². The van der Waals surface area contributed by atoms with Crippen LogP contribution in [-0.2, 0) is 0 Å². The third-order valence-electron chi connectivity index (χ3n) is 5.78. The van der Waals surface area contributed by atoms with Crippen molar-refractivity contribution in [1.29, 1.82) is 10.5 Å². The van der Waals surface area contributed by atoms with Gasteiger partial charge in [0.05, 0.1) is 12.1 Å². The quantitative estimate of drug-likeness (QED) is 0.0693. The summed E-state index contributed by atoms with van der Waals surface area (Å²) in [4.78, 5) is 32.8. The summed E-state index contributed by atoms with van der Waals surface area (Å²) in [5.41, 5.74) is 1.92. The Morgan fingerprint density at radius 3 is 1.61 bits per heavy atom. The van der Waals surface area contributed by atoms with Crippen LogP contribution >= 0.6 is 0 Å². The van der Waals surface area contributed by atoms with Crippen LogP contribution < -0.4 is 32.3 Å². The normalized spacial score (nSPS) is 14.3. The van der Waals surface area contributed by atoms with Crippen molar-refractivity contribution in [3.8, 4) is 12.1 Å². The molecule has 262 valence electrons. The smallest absolute Gasteiger partial charge is 0.352 e. The first-order valence-electron chi connectivity index (χ1n) is 14.8. The maximum atomic E-state index is 12.4. The Hall–Kier alpha value is -4.15. The molecule has 0 unspecified atom stereocenters. The van der Waals surface area contributed by atoms with E-state index in [4.69, 9.17) is 16.3 Å². The van der Waals surface area contributed by atoms with Gasteiger partial charge in [-0.25, -0.2) is 14.4 Å². The molecule has 0 spiro atoms. The molecular formula is C29H46F6N8O3. The zero-order chi connectivity index (χ0) is 35.8. The molecule has 1 saturated carbocycles. The van der Waals surface area contributed by atoms with Crippen molar-refractivity contribution in [2.24, 2.45) is 5.73 Å². The second-order valence-electron chi connectivity index (χ2n) is 11.2. The Labute approximate surface area is 266 Å². The fourth-order valence-electron chi connectivity index (χ4n) is 3.74. The van der Waals surface area contributed by atoms with Gasteiger partial charge in [-0.2, -0.15) is 36.9 Å². The maximum absolute atomic E-state index is 12.4. The summed E-state index contributed by atoms with van der Waals surface area (Å²) in [5.74, 6) is 0. The summed E-state index contributed by atoms with van der Waals surface area (Å²) < 4.78 is 74.3. The number of hydrogen-bond acceptors (Lipinski definition) is 5. The van der Waals surface area contributed by atoms with E-state index in [0.717, 1.165) is 70.6 Å². The third kappa shape index (κ3) is 26.3. The highest BCUT2D eigenvalue weighted by Gasteiger charge is 2.36. The average Bonchev–Trinajstić information content (AvgIpc) is 3.17. The Bertz CT molecular complexity index is 1060. The summed E-state index contributed by atoms with van der Waals surface area (Å²) >= 11 is 0. The van der Waals surface area contributed by atoms with Gasteiger partial charge in [-0.3, -0.25) is 0 Å². The molecule has 46 heavy (non-hydrogen) atoms. The van der Waals surface area contributed by atoms with Gasteiger partial charge in [0.2, 0.25) is 0 Å². The van der Waals surface area contributed by atoms with Gasteiger partial charge >= 0.3 is 30.4 Å². The predicted octanol–water partition coefficient (Wildman–Crippen LogP) is 6.66. The van der Waals surface area contributed by atoms with Gasteiger partial charge in [-0.15, -0.1) is 0 Å². The lowest BCUT2D eigenvalue weighted by Gasteiger charge is -2.18. The molecule has 0 aliphatic heterocycles. The molecule has 0 saturated heterocycles. The van der Waals surface area contributed by atoms with E-state index in [9.17, 15) is 40.7 Å². The van der Waals surface area contributed by atoms with Crippen LogP contribution in [0, 0.1) is 22.7 Å². The lowest BCUT2D eigenvalue weighted by Crippen LogP contribution is -2.43. The molecule has 0 aromatic rings. The van der Waals surface area contributed by atoms with Crippen LogP contribution in [0.4, 0.5) is 40.7 Å². The zero-order valence-electron chi connectivity index (χ0n) is 26.7. The number of carbonyl (C=O) groups is 3. The minimum absolute atomic E-state index is 0.0981. The van der Waals surface area contributed by atoms with E-state index in [2.05, 4.69) is 22.9 Å². The summed E-state index contributed by atoms with van der Waals surface area (Å²) in [6.45, 7) is 8.01. The van der Waals surface area contributed by atoms with E-state index in [0.29, 0.717) is 6.54 Å². The molecular weight excluding hydrogens is 622 g/mol. The predicted molar refractivity (Wildman–Crippen MR) is 160 cm³/mol. The molecule has 0 atom stereocenters. The number of primary amides is 1. The van der Waals surface area contributed by atoms with Gasteiger partial charge in [-0.05, 0) is 40.0 Å². The van der Waals surface area contributed by atoms with Crippen LogP contribution in [0.25, 0.3) is 0 Å². The van der Waals surface area contributed by atoms with E-state index in [1.54, 1.807) is 10.6 Å². The number of hydrogen-bond donors (Lipinski definition) is 6. The van der Waals surface area contributed by atoms with Gasteiger partial charge in [-0.1, -0.05) is 58.3 Å². The number of urea groups is 3. The number of allylic oxidation sites excluding steroid dienone is 4. The third-order valence-corrected chi connectivity index (χ3v) is 5.78. The van der Waals surface area contributed by atoms with Crippen molar-refractivity contribution in [3.63, 3.8) is 0 Å². The van der Waals surface area contributed by atoms with Crippen molar-refractivity contribution < 1.29 is 40.7 Å². The number of nitrogens with one attached hydrogen (secondary N) is 5. The van der Waals surface area contributed by atoms with E-state index >= 15 is 0 Å². The van der Waals surface area contributed by atoms with Gasteiger partial charge in [0.15, 0.2) is 0 Å². The Kier molecular flexibility index (Phi) is 22.2. The number of alkyl halides is 6. The Morgan fingerprint density at radius 1 is 0.783 bits per heavy atom. The SMILES string of the molecule is CC(C)(C)NC(N)=O.CCCCCCCNC(=O)NC(=CC#N)C(F)(F)F.N#CC=C(NC(=O)NC1CCCCCC1)C(F)(F)F. The second kappa shape index (κ2) is 23.2. The minimum atomic E-state index is -4.74. The van der Waals surface area contributed by atoms with Crippen LogP contribution in [0.5, 0.6) is 0 Å². The first-order valence-corrected chi connectivity index (χ1v) is 14.8. The minimum Gasteiger partial charge on any atom is -0.352 e. The van der Waals surface area contributed by atoms with Gasteiger partial charge in [0.25, 0.3) is 0 Å². The van der Waals surface area contributed by atoms with Crippen LogP contribution in [0.15, 0.2) is 23.5 Å². The van der Waals surface area contributed by atoms with E-state index in [-0.39, 0.29) is 23.7 Å². The maximum Gasteiger partial charge on any atom is 0.432 e. The molecule has 0 aromatic heterocycles. The highest BCUT2D eigenvalue weighted by atomic mass is 19.4. The number of rotatable bonds is 9. The lowest BCUT2D eigenvalue weighted by atomic mass is 10.1. The highest BCUT2D eigenvalue weighted by Crippen LogP contribution is 2.24. The largest absolute Gasteiger partial charge is 0.432 e. The first kappa shape index (κ1) is 44.0. The molecule has 1 rings (SSSR count). The Balaban J connectivity index is 0. The number of unbranched alkanes of at least 4 members (excludes halogenated alkanes) is 4. The van der Waals surface area contributed by atoms with Gasteiger partial charge in [0, 0.05) is 30.3 Å². The molecule has 0 bridgehead atoms. The zero-order valence-corrected chi connectivity index (χ0v) is 26.7. The highest BCUT2D eigenvalue weighted by molar-refractivity contribution is 5.76. The van der Waals surface area contributed by atoms with Gasteiger partial charge < -0.3 is 32.3 Å². The number of nitrogens with zero attached hydrogens (tertiary/aromatic N) is 2. The number of nitriles is 2. The summed E-state index contributed by atoms with van der Waals surface area (Å²) in [6.07, 6.45) is 1.61. The summed E-state index contributed by atoms with van der Waals surface area (Å²) in [5, 5.41) is 27.2. The second-order valence-corrected chi connectivity index (χ2v) is 11.2. The number of amides is 6. The number of halogens is 6. The number of nitrogens with two attached hydrogens (primary N) is 1. The topological polar surface area (TPSA) is 185 Å². The molecule has 7 N–H and O–H groups in total. The number of carbonyl (C=O) groups excluding carboxylic acids is 3. The van der Waals surface area contributed by atoms with Crippen molar-refractivity contribution >= 4 is 18.1 Å². The molecule has 1 aliphatic carbocycles. The van der Waals surface area contributed by atoms with Crippen LogP contribution in [0.3, 0.4) is 0 Å². The fourth-order valence-corrected chi connectivity index (χ4v) is 3.74. The van der Waals surface area contributed by atoms with E-state index in [1.807, 2.05) is 20.8 Å². The summed E-state index contributed by atoms with van der Waals surface area (Å²) in [6, 6.07) is 0.0807. The van der Waals surface area contributed by atoms with Crippen molar-refractivity contribution in [2.45, 2.75) is 122 Å². The molecule has 11 nitrogen and oxygen atoms in total. The van der Waals surface area contributed by atoms with Crippen molar-refractivity contribution in [2.75, 3.05) is 6.54 Å². The molecule has 6 amide bonds. The monoisotopic (exact) mass is 668 g/mol. The van der Waals surface area contributed by atoms with Crippen LogP contribution in [-0.4, -0.2) is 48.6 Å². The van der Waals surface area contributed by atoms with Crippen molar-refractivity contribution in [1.82, 2.24) is 26.6 Å². The van der Waals surface area contributed by atoms with E-state index < -0.39 is 41.8 Å². The fraction of sp³-hybridized carbons (Fsp3) is 0.690. The average molecular weight is 669 g/mol. The molecule has 1 aliphatic rings. The molecule has 17 heteroatoms. The standard InChI is InChI=1S/C12H16F3N3O.C12H18F3N3O.C5H12N2O/c13-12(14,15)10(7-8-16)18-11(19)17-9-5-3-1-2-4-6-9;1-2-3-4-5-6-9-17-11(19)18-10(7-8-16)12(13,14)15;1-5(2,3)7-4(6)8/h7,9H,1-6H2,(H2,17,18,19);7H,2-6,9H2,1H3,(H2,17,18,19);1-3H3,(H3,6,7,8). The summed E-state index contributed by atoms with van der Waals surface area (Å²) in [7, 11) is 0. The molecule has 0 heterocycles. The molecule has 1 fully saturated rings. The van der Waals surface area contributed by atoms with E-state index in [1.165, 1.54) is 12.1 Å². The first-order chi connectivity index (χ1) is 21.3. The van der Waals surface area contributed by atoms with Crippen LogP contribution in [0.1, 0.15) is 98.3 Å². The van der Waals surface area contributed by atoms with Gasteiger partial charge in [0.1, 0.15) is 11.4 Å². The molecule has 0 aromatic carbocycles. The Morgan fingerprint density at radius 2 is 1.24 bits per heavy atom.